The Morgan fingerprint density at radius 3 is 2.54 bits per heavy atom. The van der Waals surface area contributed by atoms with Gasteiger partial charge in [0.1, 0.15) is 17.5 Å². The largest absolute Gasteiger partial charge is 0.368 e. The van der Waals surface area contributed by atoms with Crippen LogP contribution in [0.2, 0.25) is 0 Å². The zero-order valence-corrected chi connectivity index (χ0v) is 14.1. The number of rotatable bonds is 4. The van der Waals surface area contributed by atoms with Crippen molar-refractivity contribution in [3.8, 4) is 6.07 Å². The predicted molar refractivity (Wildman–Crippen MR) is 96.7 cm³/mol. The number of carbonyl (C=O) groups is 1. The van der Waals surface area contributed by atoms with Crippen LogP contribution < -0.4 is 10.2 Å². The van der Waals surface area contributed by atoms with Crippen LogP contribution in [0.3, 0.4) is 0 Å². The third kappa shape index (κ3) is 4.16. The molecule has 26 heavy (non-hydrogen) atoms. The zero-order chi connectivity index (χ0) is 18.4. The number of benzene rings is 1. The molecule has 1 saturated heterocycles. The molecule has 1 N–H and O–H groups in total. The lowest BCUT2D eigenvalue weighted by molar-refractivity contribution is -0.127. The molecule has 0 radical (unpaired) electrons. The number of aromatic nitrogens is 1. The van der Waals surface area contributed by atoms with Crippen LogP contribution in [0.5, 0.6) is 0 Å². The number of anilines is 2. The summed E-state index contributed by atoms with van der Waals surface area (Å²) in [7, 11) is 0. The van der Waals surface area contributed by atoms with Crippen molar-refractivity contribution in [2.75, 3.05) is 36.4 Å². The second-order valence-corrected chi connectivity index (χ2v) is 5.81. The van der Waals surface area contributed by atoms with Crippen LogP contribution in [0.15, 0.2) is 60.6 Å². The van der Waals surface area contributed by atoms with Gasteiger partial charge < -0.3 is 15.1 Å². The van der Waals surface area contributed by atoms with E-state index in [1.165, 1.54) is 18.3 Å². The molecule has 0 saturated carbocycles. The third-order valence-corrected chi connectivity index (χ3v) is 4.15. The lowest BCUT2D eigenvalue weighted by atomic mass is 10.2. The van der Waals surface area contributed by atoms with Crippen LogP contribution in [0, 0.1) is 17.1 Å². The Morgan fingerprint density at radius 1 is 1.19 bits per heavy atom. The van der Waals surface area contributed by atoms with E-state index < -0.39 is 0 Å². The second-order valence-electron chi connectivity index (χ2n) is 5.81. The van der Waals surface area contributed by atoms with Crippen molar-refractivity contribution in [1.29, 1.82) is 5.26 Å². The number of piperazine rings is 1. The first-order chi connectivity index (χ1) is 12.7. The topological polar surface area (TPSA) is 72.3 Å². The minimum atomic E-state index is -0.303. The summed E-state index contributed by atoms with van der Waals surface area (Å²) in [6, 6.07) is 11.8. The summed E-state index contributed by atoms with van der Waals surface area (Å²) in [5.74, 6) is -0.574. The van der Waals surface area contributed by atoms with Gasteiger partial charge in [-0.25, -0.2) is 4.39 Å². The summed E-state index contributed by atoms with van der Waals surface area (Å²) in [6.07, 6.45) is 4.66. The fourth-order valence-corrected chi connectivity index (χ4v) is 2.74. The molecule has 1 aromatic heterocycles. The van der Waals surface area contributed by atoms with Gasteiger partial charge in [-0.15, -0.1) is 0 Å². The molecular weight excluding hydrogens is 333 g/mol. The Bertz CT molecular complexity index is 821. The van der Waals surface area contributed by atoms with Gasteiger partial charge in [-0.2, -0.15) is 5.26 Å². The molecule has 0 aliphatic carbocycles. The van der Waals surface area contributed by atoms with Crippen molar-refractivity contribution in [3.63, 3.8) is 0 Å². The first-order valence-corrected chi connectivity index (χ1v) is 8.24. The van der Waals surface area contributed by atoms with Gasteiger partial charge in [-0.05, 0) is 36.4 Å². The monoisotopic (exact) mass is 351 g/mol. The van der Waals surface area contributed by atoms with Gasteiger partial charge in [0.25, 0.3) is 5.91 Å². The summed E-state index contributed by atoms with van der Waals surface area (Å²) >= 11 is 0. The standard InChI is InChI=1S/C19H18FN5O/c20-16-3-5-18(6-4-16)24-8-10-25(11-9-24)19(26)15(12-21)13-23-17-2-1-7-22-14-17/h1-7,13-14,23H,8-11H2/b15-13-. The predicted octanol–water partition coefficient (Wildman–Crippen LogP) is 2.39. The van der Waals surface area contributed by atoms with Gasteiger partial charge in [0.2, 0.25) is 0 Å². The molecule has 1 aliphatic heterocycles. The molecule has 2 aromatic rings. The van der Waals surface area contributed by atoms with E-state index in [-0.39, 0.29) is 17.3 Å². The lowest BCUT2D eigenvalue weighted by Crippen LogP contribution is -2.49. The highest BCUT2D eigenvalue weighted by Crippen LogP contribution is 2.17. The van der Waals surface area contributed by atoms with Crippen molar-refractivity contribution in [3.05, 3.63) is 66.4 Å². The van der Waals surface area contributed by atoms with Gasteiger partial charge in [-0.3, -0.25) is 9.78 Å². The average Bonchev–Trinajstić information content (AvgIpc) is 2.70. The summed E-state index contributed by atoms with van der Waals surface area (Å²) in [6.45, 7) is 2.27. The highest BCUT2D eigenvalue weighted by molar-refractivity contribution is 5.97. The van der Waals surface area contributed by atoms with E-state index in [2.05, 4.69) is 15.2 Å². The van der Waals surface area contributed by atoms with Crippen LogP contribution >= 0.6 is 0 Å². The van der Waals surface area contributed by atoms with E-state index in [0.717, 1.165) is 5.69 Å². The van der Waals surface area contributed by atoms with E-state index in [1.807, 2.05) is 6.07 Å². The van der Waals surface area contributed by atoms with Crippen molar-refractivity contribution in [2.24, 2.45) is 0 Å². The molecule has 0 bridgehead atoms. The van der Waals surface area contributed by atoms with Crippen LogP contribution in [0.1, 0.15) is 0 Å². The second kappa shape index (κ2) is 8.12. The molecule has 0 spiro atoms. The number of nitrogens with one attached hydrogen (secondary N) is 1. The first kappa shape index (κ1) is 17.4. The maximum atomic E-state index is 13.0. The smallest absolute Gasteiger partial charge is 0.266 e. The van der Waals surface area contributed by atoms with Crippen LogP contribution in [-0.4, -0.2) is 42.0 Å². The number of nitrogens with zero attached hydrogens (tertiary/aromatic N) is 4. The Balaban J connectivity index is 1.60. The molecule has 3 rings (SSSR count). The number of amides is 1. The summed E-state index contributed by atoms with van der Waals surface area (Å²) < 4.78 is 13.0. The minimum absolute atomic E-state index is 0.0454. The number of halogens is 1. The molecule has 6 nitrogen and oxygen atoms in total. The van der Waals surface area contributed by atoms with E-state index in [0.29, 0.717) is 31.9 Å². The molecule has 0 atom stereocenters. The maximum Gasteiger partial charge on any atom is 0.266 e. The Hall–Kier alpha value is -3.40. The van der Waals surface area contributed by atoms with E-state index >= 15 is 0 Å². The molecule has 2 heterocycles. The number of pyridine rings is 1. The molecule has 7 heteroatoms. The molecule has 0 unspecified atom stereocenters. The quantitative estimate of drug-likeness (QED) is 0.676. The number of carbonyl (C=O) groups excluding carboxylic acids is 1. The Labute approximate surface area is 151 Å². The van der Waals surface area contributed by atoms with Crippen molar-refractivity contribution < 1.29 is 9.18 Å². The van der Waals surface area contributed by atoms with Gasteiger partial charge in [0, 0.05) is 44.3 Å². The molecule has 1 fully saturated rings. The average molecular weight is 351 g/mol. The minimum Gasteiger partial charge on any atom is -0.368 e. The SMILES string of the molecule is N#C/C(=C/Nc1cccnc1)C(=O)N1CCN(c2ccc(F)cc2)CC1. The van der Waals surface area contributed by atoms with Crippen LogP contribution in [0.25, 0.3) is 0 Å². The summed E-state index contributed by atoms with van der Waals surface area (Å²) in [4.78, 5) is 20.3. The van der Waals surface area contributed by atoms with E-state index in [4.69, 9.17) is 0 Å². The molecule has 1 aromatic carbocycles. The zero-order valence-electron chi connectivity index (χ0n) is 14.1. The van der Waals surface area contributed by atoms with Gasteiger partial charge in [0.05, 0.1) is 11.9 Å². The third-order valence-electron chi connectivity index (χ3n) is 4.15. The van der Waals surface area contributed by atoms with Gasteiger partial charge >= 0.3 is 0 Å². The molecular formula is C19H18FN5O. The fourth-order valence-electron chi connectivity index (χ4n) is 2.74. The molecule has 1 amide bonds. The highest BCUT2D eigenvalue weighted by atomic mass is 19.1. The fraction of sp³-hybridized carbons (Fsp3) is 0.211. The van der Waals surface area contributed by atoms with Crippen molar-refractivity contribution in [1.82, 2.24) is 9.88 Å². The normalized spacial score (nSPS) is 14.7. The number of hydrogen-bond donors (Lipinski definition) is 1. The van der Waals surface area contributed by atoms with E-state index in [1.54, 1.807) is 41.6 Å². The lowest BCUT2D eigenvalue weighted by Gasteiger charge is -2.36. The Kier molecular flexibility index (Phi) is 5.44. The molecule has 1 aliphatic rings. The summed E-state index contributed by atoms with van der Waals surface area (Å²) in [5, 5.41) is 12.2. The number of hydrogen-bond acceptors (Lipinski definition) is 5. The molecule has 132 valence electrons. The van der Waals surface area contributed by atoms with Gasteiger partial charge in [0.15, 0.2) is 0 Å². The van der Waals surface area contributed by atoms with Crippen molar-refractivity contribution >= 4 is 17.3 Å². The van der Waals surface area contributed by atoms with Crippen molar-refractivity contribution in [2.45, 2.75) is 0 Å². The summed E-state index contributed by atoms with van der Waals surface area (Å²) in [5.41, 5.74) is 1.67. The maximum absolute atomic E-state index is 13.0. The van der Waals surface area contributed by atoms with Crippen LogP contribution in [-0.2, 0) is 4.79 Å². The number of nitriles is 1. The van der Waals surface area contributed by atoms with Gasteiger partial charge in [-0.1, -0.05) is 0 Å². The Morgan fingerprint density at radius 2 is 1.92 bits per heavy atom. The van der Waals surface area contributed by atoms with Crippen LogP contribution in [0.4, 0.5) is 15.8 Å². The first-order valence-electron chi connectivity index (χ1n) is 8.24. The van der Waals surface area contributed by atoms with E-state index in [9.17, 15) is 14.4 Å². The highest BCUT2D eigenvalue weighted by Gasteiger charge is 2.23.